The number of hydrogen-bond donors (Lipinski definition) is 0. The molecule has 0 saturated heterocycles. The normalized spacial score (nSPS) is 33.1. The largest absolute Gasteiger partial charge is 0.497 e. The number of hydrogen-bond acceptors (Lipinski definition) is 1. The molecule has 13 heavy (non-hydrogen) atoms. The molecule has 2 rings (SSSR count). The summed E-state index contributed by atoms with van der Waals surface area (Å²) >= 11 is 0. The van der Waals surface area contributed by atoms with Gasteiger partial charge in [0.1, 0.15) is 5.76 Å². The van der Waals surface area contributed by atoms with Crippen LogP contribution in [0.15, 0.2) is 23.5 Å². The van der Waals surface area contributed by atoms with Gasteiger partial charge in [-0.25, -0.2) is 0 Å². The van der Waals surface area contributed by atoms with E-state index in [0.29, 0.717) is 0 Å². The molecule has 0 aliphatic heterocycles. The van der Waals surface area contributed by atoms with Crippen LogP contribution >= 0.6 is 0 Å². The molecule has 0 radical (unpaired) electrons. The Morgan fingerprint density at radius 1 is 1.46 bits per heavy atom. The maximum absolute atomic E-state index is 5.39. The molecule has 2 aliphatic carbocycles. The smallest absolute Gasteiger partial charge is 0.118 e. The SMILES string of the molecule is COC1=C2CCC(C)CC2CC=C1. The molecular formula is C12H18O. The molecule has 0 bridgehead atoms. The average molecular weight is 178 g/mol. The van der Waals surface area contributed by atoms with Crippen LogP contribution in [0.25, 0.3) is 0 Å². The second-order valence-electron chi connectivity index (χ2n) is 4.31. The number of allylic oxidation sites excluding steroid dienone is 3. The Morgan fingerprint density at radius 3 is 3.08 bits per heavy atom. The molecule has 0 spiro atoms. The molecule has 0 amide bonds. The third kappa shape index (κ3) is 1.65. The minimum absolute atomic E-state index is 0.781. The van der Waals surface area contributed by atoms with Gasteiger partial charge in [-0.15, -0.1) is 0 Å². The standard InChI is InChI=1S/C12H18O/c1-9-6-7-11-10(8-9)4-3-5-12(11)13-2/h3,5,9-10H,4,6-8H2,1-2H3. The molecule has 2 atom stereocenters. The Kier molecular flexibility index (Phi) is 2.43. The number of methoxy groups -OCH3 is 1. The number of rotatable bonds is 1. The summed E-state index contributed by atoms with van der Waals surface area (Å²) in [6, 6.07) is 0. The molecule has 1 heteroatoms. The van der Waals surface area contributed by atoms with Crippen LogP contribution in [0.5, 0.6) is 0 Å². The maximum atomic E-state index is 5.39. The van der Waals surface area contributed by atoms with Crippen LogP contribution in [0.2, 0.25) is 0 Å². The summed E-state index contributed by atoms with van der Waals surface area (Å²) in [6.45, 7) is 2.36. The van der Waals surface area contributed by atoms with Crippen molar-refractivity contribution >= 4 is 0 Å². The summed E-state index contributed by atoms with van der Waals surface area (Å²) in [5.74, 6) is 2.82. The molecule has 0 N–H and O–H groups in total. The molecule has 1 nitrogen and oxygen atoms in total. The molecule has 0 heterocycles. The van der Waals surface area contributed by atoms with Gasteiger partial charge in [-0.05, 0) is 49.2 Å². The van der Waals surface area contributed by atoms with Gasteiger partial charge in [-0.2, -0.15) is 0 Å². The first kappa shape index (κ1) is 8.86. The Labute approximate surface area is 80.5 Å². The Bertz CT molecular complexity index is 250. The van der Waals surface area contributed by atoms with Gasteiger partial charge >= 0.3 is 0 Å². The maximum Gasteiger partial charge on any atom is 0.118 e. The van der Waals surface area contributed by atoms with E-state index in [1.807, 2.05) is 0 Å². The van der Waals surface area contributed by atoms with E-state index >= 15 is 0 Å². The number of fused-ring (bicyclic) bond motifs is 1. The van der Waals surface area contributed by atoms with E-state index in [1.54, 1.807) is 12.7 Å². The fraction of sp³-hybridized carbons (Fsp3) is 0.667. The topological polar surface area (TPSA) is 9.23 Å². The lowest BCUT2D eigenvalue weighted by Crippen LogP contribution is -2.19. The first-order valence-corrected chi connectivity index (χ1v) is 5.25. The molecule has 0 aromatic rings. The van der Waals surface area contributed by atoms with Gasteiger partial charge in [0.25, 0.3) is 0 Å². The van der Waals surface area contributed by atoms with Crippen molar-refractivity contribution in [2.75, 3.05) is 7.11 Å². The lowest BCUT2D eigenvalue weighted by Gasteiger charge is -2.32. The minimum Gasteiger partial charge on any atom is -0.497 e. The molecule has 1 saturated carbocycles. The van der Waals surface area contributed by atoms with Crippen LogP contribution in [0, 0.1) is 11.8 Å². The molecule has 0 aromatic heterocycles. The van der Waals surface area contributed by atoms with Crippen LogP contribution in [0.1, 0.15) is 32.6 Å². The van der Waals surface area contributed by atoms with Gasteiger partial charge in [-0.3, -0.25) is 0 Å². The molecule has 0 aromatic carbocycles. The van der Waals surface area contributed by atoms with Crippen LogP contribution in [-0.2, 0) is 4.74 Å². The Balaban J connectivity index is 2.21. The van der Waals surface area contributed by atoms with Gasteiger partial charge in [-0.1, -0.05) is 13.0 Å². The van der Waals surface area contributed by atoms with Crippen molar-refractivity contribution in [2.45, 2.75) is 32.6 Å². The van der Waals surface area contributed by atoms with Gasteiger partial charge in [0.2, 0.25) is 0 Å². The van der Waals surface area contributed by atoms with Crippen molar-refractivity contribution in [3.05, 3.63) is 23.5 Å². The monoisotopic (exact) mass is 178 g/mol. The predicted molar refractivity (Wildman–Crippen MR) is 54.3 cm³/mol. The van der Waals surface area contributed by atoms with E-state index < -0.39 is 0 Å². The highest BCUT2D eigenvalue weighted by Crippen LogP contribution is 2.39. The van der Waals surface area contributed by atoms with Gasteiger partial charge in [0.05, 0.1) is 7.11 Å². The highest BCUT2D eigenvalue weighted by atomic mass is 16.5. The minimum atomic E-state index is 0.781. The summed E-state index contributed by atoms with van der Waals surface area (Å²) in [5.41, 5.74) is 1.57. The zero-order valence-corrected chi connectivity index (χ0v) is 8.55. The van der Waals surface area contributed by atoms with Crippen molar-refractivity contribution in [3.8, 4) is 0 Å². The predicted octanol–water partition coefficient (Wildman–Crippen LogP) is 3.28. The van der Waals surface area contributed by atoms with Gasteiger partial charge < -0.3 is 4.74 Å². The summed E-state index contributed by atoms with van der Waals surface area (Å²) in [7, 11) is 1.78. The van der Waals surface area contributed by atoms with E-state index in [1.165, 1.54) is 25.7 Å². The van der Waals surface area contributed by atoms with Gasteiger partial charge in [0, 0.05) is 0 Å². The van der Waals surface area contributed by atoms with Crippen LogP contribution in [-0.4, -0.2) is 7.11 Å². The van der Waals surface area contributed by atoms with E-state index in [0.717, 1.165) is 17.6 Å². The van der Waals surface area contributed by atoms with Crippen molar-refractivity contribution in [2.24, 2.45) is 11.8 Å². The van der Waals surface area contributed by atoms with E-state index in [4.69, 9.17) is 4.74 Å². The number of ether oxygens (including phenoxy) is 1. The van der Waals surface area contributed by atoms with Crippen molar-refractivity contribution in [3.63, 3.8) is 0 Å². The molecular weight excluding hydrogens is 160 g/mol. The van der Waals surface area contributed by atoms with Crippen molar-refractivity contribution in [1.29, 1.82) is 0 Å². The second kappa shape index (κ2) is 3.57. The fourth-order valence-electron chi connectivity index (χ4n) is 2.56. The highest BCUT2D eigenvalue weighted by Gasteiger charge is 2.26. The summed E-state index contributed by atoms with van der Waals surface area (Å²) < 4.78 is 5.39. The van der Waals surface area contributed by atoms with E-state index in [2.05, 4.69) is 19.1 Å². The van der Waals surface area contributed by atoms with Gasteiger partial charge in [0.15, 0.2) is 0 Å². The van der Waals surface area contributed by atoms with Crippen LogP contribution in [0.3, 0.4) is 0 Å². The molecule has 72 valence electrons. The van der Waals surface area contributed by atoms with Crippen LogP contribution < -0.4 is 0 Å². The van der Waals surface area contributed by atoms with E-state index in [-0.39, 0.29) is 0 Å². The zero-order valence-electron chi connectivity index (χ0n) is 8.55. The summed E-state index contributed by atoms with van der Waals surface area (Å²) in [5, 5.41) is 0. The lowest BCUT2D eigenvalue weighted by atomic mass is 9.75. The third-order valence-electron chi connectivity index (χ3n) is 3.31. The molecule has 1 fully saturated rings. The quantitative estimate of drug-likeness (QED) is 0.598. The fourth-order valence-corrected chi connectivity index (χ4v) is 2.56. The first-order valence-electron chi connectivity index (χ1n) is 5.25. The zero-order chi connectivity index (χ0) is 9.26. The lowest BCUT2D eigenvalue weighted by molar-refractivity contribution is 0.269. The van der Waals surface area contributed by atoms with E-state index in [9.17, 15) is 0 Å². The highest BCUT2D eigenvalue weighted by molar-refractivity contribution is 5.28. The summed E-state index contributed by atoms with van der Waals surface area (Å²) in [4.78, 5) is 0. The average Bonchev–Trinajstić information content (AvgIpc) is 2.16. The molecule has 2 unspecified atom stereocenters. The Morgan fingerprint density at radius 2 is 2.31 bits per heavy atom. The van der Waals surface area contributed by atoms with Crippen molar-refractivity contribution < 1.29 is 4.74 Å². The third-order valence-corrected chi connectivity index (χ3v) is 3.31. The Hall–Kier alpha value is -0.720. The van der Waals surface area contributed by atoms with Crippen molar-refractivity contribution in [1.82, 2.24) is 0 Å². The second-order valence-corrected chi connectivity index (χ2v) is 4.31. The van der Waals surface area contributed by atoms with Crippen LogP contribution in [0.4, 0.5) is 0 Å². The summed E-state index contributed by atoms with van der Waals surface area (Å²) in [6.07, 6.45) is 9.57. The molecule has 2 aliphatic rings. The first-order chi connectivity index (χ1) is 6.31.